The van der Waals surface area contributed by atoms with Crippen molar-refractivity contribution >= 4 is 29.2 Å². The molecule has 0 aliphatic rings. The fraction of sp³-hybridized carbons (Fsp3) is 0.417. The summed E-state index contributed by atoms with van der Waals surface area (Å²) >= 11 is 12.0. The molecule has 0 saturated carbocycles. The number of aliphatic carboxylic acids is 1. The van der Waals surface area contributed by atoms with Gasteiger partial charge >= 0.3 is 5.97 Å². The Labute approximate surface area is 110 Å². The summed E-state index contributed by atoms with van der Waals surface area (Å²) in [4.78, 5) is 10.7. The third-order valence-corrected chi connectivity index (χ3v) is 2.84. The minimum Gasteiger partial charge on any atom is -0.492 e. The van der Waals surface area contributed by atoms with Crippen molar-refractivity contribution in [1.29, 1.82) is 0 Å². The topological polar surface area (TPSA) is 46.5 Å². The Morgan fingerprint density at radius 1 is 1.47 bits per heavy atom. The summed E-state index contributed by atoms with van der Waals surface area (Å²) in [7, 11) is 0. The molecule has 17 heavy (non-hydrogen) atoms. The van der Waals surface area contributed by atoms with E-state index in [1.54, 1.807) is 19.1 Å². The van der Waals surface area contributed by atoms with Crippen molar-refractivity contribution in [1.82, 2.24) is 0 Å². The molecule has 0 heterocycles. The molecule has 1 aromatic carbocycles. The second-order valence-corrected chi connectivity index (χ2v) is 4.58. The zero-order valence-corrected chi connectivity index (χ0v) is 11.2. The molecule has 1 aromatic rings. The smallest absolute Gasteiger partial charge is 0.303 e. The highest BCUT2D eigenvalue weighted by Gasteiger charge is 2.18. The lowest BCUT2D eigenvalue weighted by Crippen LogP contribution is -2.06. The normalized spacial score (nSPS) is 12.2. The maximum Gasteiger partial charge on any atom is 0.303 e. The molecule has 1 unspecified atom stereocenters. The molecule has 0 spiro atoms. The van der Waals surface area contributed by atoms with Gasteiger partial charge in [0, 0.05) is 10.6 Å². The van der Waals surface area contributed by atoms with Gasteiger partial charge in [0.05, 0.1) is 18.1 Å². The van der Waals surface area contributed by atoms with Crippen molar-refractivity contribution < 1.29 is 14.6 Å². The molecular formula is C12H14Cl2O3. The highest BCUT2D eigenvalue weighted by atomic mass is 35.5. The minimum atomic E-state index is -0.865. The zero-order chi connectivity index (χ0) is 13.0. The Balaban J connectivity index is 3.14. The minimum absolute atomic E-state index is 0.0107. The molecule has 0 radical (unpaired) electrons. The predicted molar refractivity (Wildman–Crippen MR) is 68.3 cm³/mol. The lowest BCUT2D eigenvalue weighted by Gasteiger charge is -2.16. The van der Waals surface area contributed by atoms with Gasteiger partial charge in [0.25, 0.3) is 0 Å². The van der Waals surface area contributed by atoms with E-state index >= 15 is 0 Å². The van der Waals surface area contributed by atoms with Crippen molar-refractivity contribution in [3.63, 3.8) is 0 Å². The van der Waals surface area contributed by atoms with E-state index in [9.17, 15) is 4.79 Å². The molecular weight excluding hydrogens is 263 g/mol. The molecule has 1 rings (SSSR count). The fourth-order valence-corrected chi connectivity index (χ4v) is 2.18. The summed E-state index contributed by atoms with van der Waals surface area (Å²) in [5, 5.41) is 9.68. The van der Waals surface area contributed by atoms with Crippen LogP contribution in [0.1, 0.15) is 31.7 Å². The number of rotatable bonds is 5. The van der Waals surface area contributed by atoms with Crippen LogP contribution < -0.4 is 4.74 Å². The molecule has 0 amide bonds. The number of ether oxygens (including phenoxy) is 1. The molecule has 5 heteroatoms. The Hall–Kier alpha value is -0.930. The summed E-state index contributed by atoms with van der Waals surface area (Å²) in [6, 6.07) is 3.29. The Morgan fingerprint density at radius 2 is 2.12 bits per heavy atom. The Morgan fingerprint density at radius 3 is 2.65 bits per heavy atom. The van der Waals surface area contributed by atoms with Gasteiger partial charge in [0.15, 0.2) is 0 Å². The monoisotopic (exact) mass is 276 g/mol. The van der Waals surface area contributed by atoms with Crippen LogP contribution in [0.3, 0.4) is 0 Å². The highest BCUT2D eigenvalue weighted by molar-refractivity contribution is 6.35. The summed E-state index contributed by atoms with van der Waals surface area (Å²) in [5.41, 5.74) is 0.728. The highest BCUT2D eigenvalue weighted by Crippen LogP contribution is 2.37. The standard InChI is InChI=1S/C12H14Cl2O3/c1-3-17-12-9(7(2)4-11(15)16)5-8(13)6-10(12)14/h5-7H,3-4H2,1-2H3,(H,15,16). The average molecular weight is 277 g/mol. The van der Waals surface area contributed by atoms with Gasteiger partial charge in [-0.3, -0.25) is 4.79 Å². The van der Waals surface area contributed by atoms with Gasteiger partial charge in [-0.15, -0.1) is 0 Å². The Kier molecular flexibility index (Phi) is 5.09. The molecule has 0 saturated heterocycles. The SMILES string of the molecule is CCOc1c(Cl)cc(Cl)cc1C(C)CC(=O)O. The van der Waals surface area contributed by atoms with Crippen LogP contribution in [0.5, 0.6) is 5.75 Å². The Bertz CT molecular complexity index is 418. The van der Waals surface area contributed by atoms with Crippen LogP contribution in [0.2, 0.25) is 10.0 Å². The largest absolute Gasteiger partial charge is 0.492 e. The van der Waals surface area contributed by atoms with E-state index < -0.39 is 5.97 Å². The van der Waals surface area contributed by atoms with Crippen LogP contribution in [0, 0.1) is 0 Å². The van der Waals surface area contributed by atoms with Crippen LogP contribution in [0.15, 0.2) is 12.1 Å². The number of carboxylic acids is 1. The molecule has 3 nitrogen and oxygen atoms in total. The molecule has 0 bridgehead atoms. The first-order chi connectivity index (χ1) is 7.95. The second-order valence-electron chi connectivity index (χ2n) is 3.74. The van der Waals surface area contributed by atoms with Gasteiger partial charge in [-0.2, -0.15) is 0 Å². The number of halogens is 2. The van der Waals surface area contributed by atoms with Crippen molar-refractivity contribution in [2.45, 2.75) is 26.2 Å². The number of hydrogen-bond acceptors (Lipinski definition) is 2. The van der Waals surface area contributed by atoms with E-state index in [0.29, 0.717) is 22.4 Å². The van der Waals surface area contributed by atoms with Crippen LogP contribution in [0.4, 0.5) is 0 Å². The van der Waals surface area contributed by atoms with E-state index in [-0.39, 0.29) is 12.3 Å². The second kappa shape index (κ2) is 6.12. The maximum atomic E-state index is 10.7. The first kappa shape index (κ1) is 14.1. The van der Waals surface area contributed by atoms with Gasteiger partial charge in [-0.05, 0) is 25.0 Å². The summed E-state index contributed by atoms with van der Waals surface area (Å²) < 4.78 is 5.44. The predicted octanol–water partition coefficient (Wildman–Crippen LogP) is 3.97. The molecule has 0 aliphatic heterocycles. The first-order valence-electron chi connectivity index (χ1n) is 5.29. The summed E-state index contributed by atoms with van der Waals surface area (Å²) in [6.07, 6.45) is 0.0107. The molecule has 0 aliphatic carbocycles. The third kappa shape index (κ3) is 3.79. The van der Waals surface area contributed by atoms with Gasteiger partial charge in [-0.1, -0.05) is 30.1 Å². The van der Waals surface area contributed by atoms with Gasteiger partial charge in [0.2, 0.25) is 0 Å². The van der Waals surface area contributed by atoms with Crippen molar-refractivity contribution in [3.05, 3.63) is 27.7 Å². The molecule has 0 fully saturated rings. The third-order valence-electron chi connectivity index (χ3n) is 2.34. The summed E-state index contributed by atoms with van der Waals surface area (Å²) in [5.74, 6) is -0.548. The van der Waals surface area contributed by atoms with E-state index in [2.05, 4.69) is 0 Å². The average Bonchev–Trinajstić information content (AvgIpc) is 2.20. The number of benzene rings is 1. The van der Waals surface area contributed by atoms with Crippen molar-refractivity contribution in [3.8, 4) is 5.75 Å². The van der Waals surface area contributed by atoms with Crippen LogP contribution in [-0.2, 0) is 4.79 Å². The van der Waals surface area contributed by atoms with Gasteiger partial charge < -0.3 is 9.84 Å². The van der Waals surface area contributed by atoms with E-state index in [4.69, 9.17) is 33.0 Å². The van der Waals surface area contributed by atoms with Gasteiger partial charge in [-0.25, -0.2) is 0 Å². The lowest BCUT2D eigenvalue weighted by molar-refractivity contribution is -0.137. The van der Waals surface area contributed by atoms with Crippen LogP contribution in [-0.4, -0.2) is 17.7 Å². The zero-order valence-electron chi connectivity index (χ0n) is 9.67. The maximum absolute atomic E-state index is 10.7. The van der Waals surface area contributed by atoms with Gasteiger partial charge in [0.1, 0.15) is 5.75 Å². The number of hydrogen-bond donors (Lipinski definition) is 1. The molecule has 1 atom stereocenters. The van der Waals surface area contributed by atoms with E-state index in [1.807, 2.05) is 6.92 Å². The van der Waals surface area contributed by atoms with E-state index in [0.717, 1.165) is 5.56 Å². The first-order valence-corrected chi connectivity index (χ1v) is 6.04. The lowest BCUT2D eigenvalue weighted by atomic mass is 9.97. The number of carbonyl (C=O) groups is 1. The quantitative estimate of drug-likeness (QED) is 0.885. The molecule has 1 N–H and O–H groups in total. The molecule has 0 aromatic heterocycles. The van der Waals surface area contributed by atoms with Crippen LogP contribution in [0.25, 0.3) is 0 Å². The number of carboxylic acid groups (broad SMARTS) is 1. The fourth-order valence-electron chi connectivity index (χ4n) is 1.61. The van der Waals surface area contributed by atoms with Crippen molar-refractivity contribution in [2.75, 3.05) is 6.61 Å². The summed E-state index contributed by atoms with van der Waals surface area (Å²) in [6.45, 7) is 4.11. The molecule has 94 valence electrons. The van der Waals surface area contributed by atoms with Crippen LogP contribution >= 0.6 is 23.2 Å². The van der Waals surface area contributed by atoms with Crippen molar-refractivity contribution in [2.24, 2.45) is 0 Å². The van der Waals surface area contributed by atoms with E-state index in [1.165, 1.54) is 0 Å².